The van der Waals surface area contributed by atoms with E-state index in [1.54, 1.807) is 19.9 Å². The zero-order valence-corrected chi connectivity index (χ0v) is 9.44. The Kier molecular flexibility index (Phi) is 3.99. The van der Waals surface area contributed by atoms with E-state index in [2.05, 4.69) is 0 Å². The molecule has 0 N–H and O–H groups in total. The van der Waals surface area contributed by atoms with Gasteiger partial charge in [-0.15, -0.1) is 0 Å². The Morgan fingerprint density at radius 3 is 2.71 bits per heavy atom. The highest BCUT2D eigenvalue weighted by atomic mass is 19.1. The monoisotopic (exact) mass is 238 g/mol. The molecule has 0 spiro atoms. The van der Waals surface area contributed by atoms with Crippen LogP contribution in [0.2, 0.25) is 0 Å². The summed E-state index contributed by atoms with van der Waals surface area (Å²) in [4.78, 5) is 9.96. The highest BCUT2D eigenvalue weighted by molar-refractivity contribution is 5.47. The van der Waals surface area contributed by atoms with Gasteiger partial charge in [0.2, 0.25) is 0 Å². The van der Waals surface area contributed by atoms with Crippen molar-refractivity contribution in [1.82, 2.24) is 0 Å². The number of rotatable bonds is 4. The number of halogens is 1. The molecule has 0 aliphatic carbocycles. The maximum atomic E-state index is 13.5. The van der Waals surface area contributed by atoms with Crippen LogP contribution in [0.25, 0.3) is 0 Å². The lowest BCUT2D eigenvalue weighted by molar-refractivity contribution is -0.385. The first-order chi connectivity index (χ1) is 7.95. The fourth-order valence-corrected chi connectivity index (χ4v) is 1.33. The Morgan fingerprint density at radius 1 is 1.59 bits per heavy atom. The minimum atomic E-state index is -0.799. The molecule has 0 heterocycles. The fraction of sp³-hybridized carbons (Fsp3) is 0.364. The van der Waals surface area contributed by atoms with Crippen molar-refractivity contribution in [2.75, 3.05) is 0 Å². The molecular weight excluding hydrogens is 227 g/mol. The van der Waals surface area contributed by atoms with Crippen LogP contribution in [-0.2, 0) is 6.42 Å². The third-order valence-electron chi connectivity index (χ3n) is 1.96. The predicted octanol–water partition coefficient (Wildman–Crippen LogP) is 2.59. The van der Waals surface area contributed by atoms with Crippen molar-refractivity contribution in [3.63, 3.8) is 0 Å². The lowest BCUT2D eigenvalue weighted by atomic mass is 10.1. The molecule has 0 fully saturated rings. The minimum absolute atomic E-state index is 0.0733. The van der Waals surface area contributed by atoms with E-state index in [9.17, 15) is 14.5 Å². The van der Waals surface area contributed by atoms with E-state index in [1.807, 2.05) is 0 Å². The third kappa shape index (κ3) is 3.14. The summed E-state index contributed by atoms with van der Waals surface area (Å²) in [7, 11) is 0. The lowest BCUT2D eigenvalue weighted by Gasteiger charge is -2.11. The van der Waals surface area contributed by atoms with Gasteiger partial charge in [0.05, 0.1) is 29.6 Å². The summed E-state index contributed by atoms with van der Waals surface area (Å²) >= 11 is 0. The molecule has 6 heteroatoms. The van der Waals surface area contributed by atoms with E-state index in [-0.39, 0.29) is 23.8 Å². The number of nitrogens with zero attached hydrogens (tertiary/aromatic N) is 2. The second-order valence-corrected chi connectivity index (χ2v) is 3.67. The van der Waals surface area contributed by atoms with Crippen LogP contribution >= 0.6 is 0 Å². The van der Waals surface area contributed by atoms with Crippen molar-refractivity contribution in [2.45, 2.75) is 26.4 Å². The third-order valence-corrected chi connectivity index (χ3v) is 1.96. The van der Waals surface area contributed by atoms with E-state index in [1.165, 1.54) is 6.07 Å². The summed E-state index contributed by atoms with van der Waals surface area (Å²) < 4.78 is 18.6. The van der Waals surface area contributed by atoms with Gasteiger partial charge in [0.15, 0.2) is 11.6 Å². The van der Waals surface area contributed by atoms with Gasteiger partial charge in [-0.3, -0.25) is 10.1 Å². The van der Waals surface area contributed by atoms with Crippen LogP contribution < -0.4 is 4.74 Å². The summed E-state index contributed by atoms with van der Waals surface area (Å²) in [6.45, 7) is 3.43. The Hall–Kier alpha value is -2.16. The molecular formula is C11H11FN2O3. The number of ether oxygens (including phenoxy) is 1. The van der Waals surface area contributed by atoms with Gasteiger partial charge in [-0.05, 0) is 19.9 Å². The van der Waals surface area contributed by atoms with E-state index in [0.717, 1.165) is 6.07 Å². The molecule has 0 aromatic heterocycles. The van der Waals surface area contributed by atoms with Gasteiger partial charge in [0.25, 0.3) is 5.69 Å². The van der Waals surface area contributed by atoms with Gasteiger partial charge in [-0.1, -0.05) is 0 Å². The van der Waals surface area contributed by atoms with Gasteiger partial charge in [-0.25, -0.2) is 4.39 Å². The number of nitro groups is 1. The molecule has 0 atom stereocenters. The quantitative estimate of drug-likeness (QED) is 0.596. The summed E-state index contributed by atoms with van der Waals surface area (Å²) in [6, 6.07) is 3.78. The molecule has 5 nitrogen and oxygen atoms in total. The van der Waals surface area contributed by atoms with E-state index in [0.29, 0.717) is 0 Å². The fourth-order valence-electron chi connectivity index (χ4n) is 1.33. The first-order valence-corrected chi connectivity index (χ1v) is 4.96. The predicted molar refractivity (Wildman–Crippen MR) is 58.1 cm³/mol. The molecule has 0 aliphatic rings. The number of benzene rings is 1. The summed E-state index contributed by atoms with van der Waals surface area (Å²) in [5.74, 6) is -0.872. The molecule has 1 aromatic carbocycles. The van der Waals surface area contributed by atoms with Crippen LogP contribution in [0.1, 0.15) is 19.4 Å². The van der Waals surface area contributed by atoms with Crippen molar-refractivity contribution in [3.05, 3.63) is 33.6 Å². The number of hydrogen-bond acceptors (Lipinski definition) is 4. The molecule has 90 valence electrons. The van der Waals surface area contributed by atoms with Gasteiger partial charge < -0.3 is 4.74 Å². The average molecular weight is 238 g/mol. The van der Waals surface area contributed by atoms with E-state index >= 15 is 0 Å². The van der Waals surface area contributed by atoms with Crippen molar-refractivity contribution < 1.29 is 14.1 Å². The van der Waals surface area contributed by atoms with Gasteiger partial charge in [0, 0.05) is 5.56 Å². The number of nitriles is 1. The van der Waals surface area contributed by atoms with Crippen molar-refractivity contribution in [2.24, 2.45) is 0 Å². The average Bonchev–Trinajstić information content (AvgIpc) is 2.21. The van der Waals surface area contributed by atoms with Gasteiger partial charge in [-0.2, -0.15) is 5.26 Å². The SMILES string of the molecule is CC(C)Oc1cc(CC#N)c([N+](=O)[O-])cc1F. The normalized spacial score (nSPS) is 10.1. The minimum Gasteiger partial charge on any atom is -0.488 e. The van der Waals surface area contributed by atoms with Crippen LogP contribution in [0.3, 0.4) is 0 Å². The second kappa shape index (κ2) is 5.25. The topological polar surface area (TPSA) is 76.2 Å². The maximum Gasteiger partial charge on any atom is 0.276 e. The molecule has 0 aliphatic heterocycles. The molecule has 0 radical (unpaired) electrons. The maximum absolute atomic E-state index is 13.5. The van der Waals surface area contributed by atoms with Crippen LogP contribution in [0.4, 0.5) is 10.1 Å². The van der Waals surface area contributed by atoms with Crippen LogP contribution in [0.5, 0.6) is 5.75 Å². The summed E-state index contributed by atoms with van der Waals surface area (Å²) in [5, 5.41) is 19.2. The first kappa shape index (κ1) is 12.9. The van der Waals surface area contributed by atoms with Crippen molar-refractivity contribution in [3.8, 4) is 11.8 Å². The zero-order valence-electron chi connectivity index (χ0n) is 9.44. The second-order valence-electron chi connectivity index (χ2n) is 3.67. The molecule has 0 unspecified atom stereocenters. The standard InChI is InChI=1S/C11H11FN2O3/c1-7(2)17-11-5-8(3-4-13)10(14(15)16)6-9(11)12/h5-7H,3H2,1-2H3. The Bertz CT molecular complexity index is 480. The van der Waals surface area contributed by atoms with Crippen LogP contribution in [0, 0.1) is 27.3 Å². The van der Waals surface area contributed by atoms with Gasteiger partial charge >= 0.3 is 0 Å². The van der Waals surface area contributed by atoms with Crippen LogP contribution in [-0.4, -0.2) is 11.0 Å². The molecule has 0 saturated carbocycles. The summed E-state index contributed by atoms with van der Waals surface area (Å²) in [6.07, 6.45) is -0.411. The Morgan fingerprint density at radius 2 is 2.24 bits per heavy atom. The first-order valence-electron chi connectivity index (χ1n) is 4.96. The Labute approximate surface area is 97.6 Å². The number of hydrogen-bond donors (Lipinski definition) is 0. The van der Waals surface area contributed by atoms with E-state index < -0.39 is 16.4 Å². The van der Waals surface area contributed by atoms with Crippen LogP contribution in [0.15, 0.2) is 12.1 Å². The molecule has 0 bridgehead atoms. The highest BCUT2D eigenvalue weighted by Crippen LogP contribution is 2.28. The molecule has 1 rings (SSSR count). The largest absolute Gasteiger partial charge is 0.488 e. The van der Waals surface area contributed by atoms with Crippen molar-refractivity contribution in [1.29, 1.82) is 5.26 Å². The smallest absolute Gasteiger partial charge is 0.276 e. The highest BCUT2D eigenvalue weighted by Gasteiger charge is 2.19. The molecule has 0 saturated heterocycles. The summed E-state index contributed by atoms with van der Waals surface area (Å²) in [5.41, 5.74) is -0.255. The molecule has 0 amide bonds. The molecule has 1 aromatic rings. The zero-order chi connectivity index (χ0) is 13.0. The molecule has 17 heavy (non-hydrogen) atoms. The van der Waals surface area contributed by atoms with Gasteiger partial charge in [0.1, 0.15) is 0 Å². The van der Waals surface area contributed by atoms with Crippen molar-refractivity contribution >= 4 is 5.69 Å². The Balaban J connectivity index is 3.25. The number of nitro benzene ring substituents is 1. The lowest BCUT2D eigenvalue weighted by Crippen LogP contribution is -2.08. The van der Waals surface area contributed by atoms with E-state index in [4.69, 9.17) is 10.00 Å².